The lowest BCUT2D eigenvalue weighted by Gasteiger charge is -2.07. The molecule has 3 rings (SSSR count). The molecule has 0 aliphatic carbocycles. The van der Waals surface area contributed by atoms with Crippen molar-refractivity contribution < 1.29 is 13.2 Å². The van der Waals surface area contributed by atoms with Crippen molar-refractivity contribution in [2.24, 2.45) is 4.99 Å². The lowest BCUT2D eigenvalue weighted by Crippen LogP contribution is -2.24. The second-order valence-electron chi connectivity index (χ2n) is 6.56. The first-order chi connectivity index (χ1) is 13.1. The van der Waals surface area contributed by atoms with Crippen molar-refractivity contribution in [1.29, 1.82) is 0 Å². The minimum atomic E-state index is -4.44. The SMILES string of the molecule is CC(C)=Nc1ccc(Cn2nnn(-c3ccc(C(F)(F)F)cc3)c2=O)cc1C. The highest BCUT2D eigenvalue weighted by atomic mass is 19.4. The van der Waals surface area contributed by atoms with Gasteiger partial charge in [-0.15, -0.1) is 0 Å². The molecule has 9 heteroatoms. The van der Waals surface area contributed by atoms with Gasteiger partial charge in [0.1, 0.15) is 0 Å². The number of aryl methyl sites for hydroxylation is 1. The molecule has 0 unspecified atom stereocenters. The van der Waals surface area contributed by atoms with Gasteiger partial charge in [-0.05, 0) is 72.7 Å². The van der Waals surface area contributed by atoms with Crippen LogP contribution in [0.25, 0.3) is 5.69 Å². The van der Waals surface area contributed by atoms with Gasteiger partial charge in [0.2, 0.25) is 0 Å². The molecular weight excluding hydrogens is 371 g/mol. The summed E-state index contributed by atoms with van der Waals surface area (Å²) in [6.45, 7) is 5.93. The van der Waals surface area contributed by atoms with E-state index in [1.807, 2.05) is 39.0 Å². The molecule has 146 valence electrons. The second-order valence-corrected chi connectivity index (χ2v) is 6.56. The van der Waals surface area contributed by atoms with E-state index in [2.05, 4.69) is 15.4 Å². The molecule has 0 atom stereocenters. The van der Waals surface area contributed by atoms with Gasteiger partial charge in [0, 0.05) is 5.71 Å². The third kappa shape index (κ3) is 4.19. The molecule has 0 aliphatic heterocycles. The maximum absolute atomic E-state index is 12.7. The summed E-state index contributed by atoms with van der Waals surface area (Å²) in [5, 5.41) is 7.59. The Morgan fingerprint density at radius 3 is 2.32 bits per heavy atom. The van der Waals surface area contributed by atoms with Crippen molar-refractivity contribution in [3.05, 3.63) is 69.6 Å². The van der Waals surface area contributed by atoms with Gasteiger partial charge in [-0.3, -0.25) is 4.99 Å². The molecule has 0 spiro atoms. The van der Waals surface area contributed by atoms with E-state index in [4.69, 9.17) is 0 Å². The fourth-order valence-electron chi connectivity index (χ4n) is 2.68. The van der Waals surface area contributed by atoms with E-state index in [0.717, 1.165) is 44.0 Å². The summed E-state index contributed by atoms with van der Waals surface area (Å²) in [6.07, 6.45) is -4.44. The maximum Gasteiger partial charge on any atom is 0.416 e. The normalized spacial score (nSPS) is 11.5. The molecule has 0 fully saturated rings. The number of aliphatic imine (C=N–C) groups is 1. The number of rotatable bonds is 4. The van der Waals surface area contributed by atoms with Crippen LogP contribution in [0.3, 0.4) is 0 Å². The second kappa shape index (κ2) is 7.41. The quantitative estimate of drug-likeness (QED) is 0.636. The van der Waals surface area contributed by atoms with Gasteiger partial charge in [0.25, 0.3) is 0 Å². The van der Waals surface area contributed by atoms with Crippen LogP contribution >= 0.6 is 0 Å². The van der Waals surface area contributed by atoms with E-state index in [-0.39, 0.29) is 12.2 Å². The molecule has 2 aromatic carbocycles. The zero-order chi connectivity index (χ0) is 20.5. The highest BCUT2D eigenvalue weighted by Gasteiger charge is 2.30. The molecule has 0 saturated heterocycles. The molecule has 0 radical (unpaired) electrons. The Bertz CT molecular complexity index is 1070. The predicted molar refractivity (Wildman–Crippen MR) is 99.3 cm³/mol. The van der Waals surface area contributed by atoms with Crippen molar-refractivity contribution in [2.75, 3.05) is 0 Å². The number of hydrogen-bond donors (Lipinski definition) is 0. The molecule has 6 nitrogen and oxygen atoms in total. The van der Waals surface area contributed by atoms with Crippen LogP contribution in [0.2, 0.25) is 0 Å². The third-order valence-electron chi connectivity index (χ3n) is 4.02. The summed E-state index contributed by atoms with van der Waals surface area (Å²) in [4.78, 5) is 16.9. The van der Waals surface area contributed by atoms with Crippen LogP contribution in [0.5, 0.6) is 0 Å². The Balaban J connectivity index is 1.85. The van der Waals surface area contributed by atoms with Crippen molar-refractivity contribution in [2.45, 2.75) is 33.5 Å². The highest BCUT2D eigenvalue weighted by Crippen LogP contribution is 2.29. The number of halogens is 3. The van der Waals surface area contributed by atoms with Crippen molar-refractivity contribution >= 4 is 11.4 Å². The van der Waals surface area contributed by atoms with E-state index >= 15 is 0 Å². The summed E-state index contributed by atoms with van der Waals surface area (Å²) >= 11 is 0. The van der Waals surface area contributed by atoms with Crippen LogP contribution in [0.4, 0.5) is 18.9 Å². The van der Waals surface area contributed by atoms with Crippen LogP contribution in [0.1, 0.15) is 30.5 Å². The van der Waals surface area contributed by atoms with Gasteiger partial charge in [-0.2, -0.15) is 22.5 Å². The van der Waals surface area contributed by atoms with E-state index in [1.165, 1.54) is 12.1 Å². The number of aromatic nitrogens is 4. The maximum atomic E-state index is 12.7. The molecule has 0 N–H and O–H groups in total. The largest absolute Gasteiger partial charge is 0.416 e. The minimum absolute atomic E-state index is 0.190. The third-order valence-corrected chi connectivity index (χ3v) is 4.02. The first-order valence-corrected chi connectivity index (χ1v) is 8.47. The molecule has 0 bridgehead atoms. The molecule has 0 amide bonds. The number of alkyl halides is 3. The molecule has 1 aromatic heterocycles. The minimum Gasteiger partial charge on any atom is -0.258 e. The number of nitrogens with zero attached hydrogens (tertiary/aromatic N) is 5. The van der Waals surface area contributed by atoms with Gasteiger partial charge in [-0.25, -0.2) is 4.79 Å². The monoisotopic (exact) mass is 389 g/mol. The van der Waals surface area contributed by atoms with Crippen LogP contribution < -0.4 is 5.69 Å². The number of benzene rings is 2. The molecular formula is C19H18F3N5O. The molecule has 0 saturated carbocycles. The number of hydrogen-bond acceptors (Lipinski definition) is 4. The standard InChI is InChI=1S/C19H18F3N5O/c1-12(2)23-17-9-4-14(10-13(17)3)11-26-18(28)27(25-24-26)16-7-5-15(6-8-16)19(20,21)22/h4-10H,11H2,1-3H3. The fourth-order valence-corrected chi connectivity index (χ4v) is 2.68. The topological polar surface area (TPSA) is 65.1 Å². The first-order valence-electron chi connectivity index (χ1n) is 8.47. The Morgan fingerprint density at radius 2 is 1.75 bits per heavy atom. The average molecular weight is 389 g/mol. The predicted octanol–water partition coefficient (Wildman–Crippen LogP) is 3.92. The average Bonchev–Trinajstić information content (AvgIpc) is 2.97. The zero-order valence-corrected chi connectivity index (χ0v) is 15.5. The lowest BCUT2D eigenvalue weighted by molar-refractivity contribution is -0.137. The Labute approximate surface area is 158 Å². The Morgan fingerprint density at radius 1 is 1.07 bits per heavy atom. The fraction of sp³-hybridized carbons (Fsp3) is 0.263. The lowest BCUT2D eigenvalue weighted by atomic mass is 10.1. The first kappa shape index (κ1) is 19.5. The van der Waals surface area contributed by atoms with Gasteiger partial charge in [0.05, 0.1) is 23.5 Å². The summed E-state index contributed by atoms with van der Waals surface area (Å²) in [7, 11) is 0. The van der Waals surface area contributed by atoms with Crippen LogP contribution in [-0.2, 0) is 12.7 Å². The summed E-state index contributed by atoms with van der Waals surface area (Å²) in [6, 6.07) is 9.80. The zero-order valence-electron chi connectivity index (χ0n) is 15.5. The summed E-state index contributed by atoms with van der Waals surface area (Å²) in [5.41, 5.74) is 2.47. The highest BCUT2D eigenvalue weighted by molar-refractivity contribution is 5.82. The van der Waals surface area contributed by atoms with Crippen molar-refractivity contribution in [1.82, 2.24) is 19.8 Å². The van der Waals surface area contributed by atoms with Crippen molar-refractivity contribution in [3.63, 3.8) is 0 Å². The van der Waals surface area contributed by atoms with E-state index < -0.39 is 17.4 Å². The van der Waals surface area contributed by atoms with Crippen LogP contribution in [-0.4, -0.2) is 25.5 Å². The van der Waals surface area contributed by atoms with Gasteiger partial charge in [-0.1, -0.05) is 12.1 Å². The number of tetrazole rings is 1. The van der Waals surface area contributed by atoms with E-state index in [9.17, 15) is 18.0 Å². The summed E-state index contributed by atoms with van der Waals surface area (Å²) in [5.74, 6) is 0. The van der Waals surface area contributed by atoms with Crippen LogP contribution in [0.15, 0.2) is 52.3 Å². The Hall–Kier alpha value is -3.23. The molecule has 28 heavy (non-hydrogen) atoms. The van der Waals surface area contributed by atoms with Crippen molar-refractivity contribution in [3.8, 4) is 5.69 Å². The molecule has 0 aliphatic rings. The van der Waals surface area contributed by atoms with Gasteiger partial charge < -0.3 is 0 Å². The summed E-state index contributed by atoms with van der Waals surface area (Å²) < 4.78 is 40.1. The Kier molecular flexibility index (Phi) is 5.17. The van der Waals surface area contributed by atoms with Crippen LogP contribution in [0, 0.1) is 6.92 Å². The van der Waals surface area contributed by atoms with Gasteiger partial charge >= 0.3 is 11.9 Å². The van der Waals surface area contributed by atoms with Gasteiger partial charge in [0.15, 0.2) is 0 Å². The molecule has 3 aromatic rings. The van der Waals surface area contributed by atoms with E-state index in [0.29, 0.717) is 0 Å². The smallest absolute Gasteiger partial charge is 0.258 e. The molecule has 1 heterocycles. The van der Waals surface area contributed by atoms with E-state index in [1.54, 1.807) is 0 Å².